The minimum atomic E-state index is 0.188. The second-order valence-electron chi connectivity index (χ2n) is 5.02. The number of halogens is 1. The highest BCUT2D eigenvalue weighted by Gasteiger charge is 2.07. The van der Waals surface area contributed by atoms with Gasteiger partial charge in [-0.15, -0.1) is 0 Å². The molecule has 0 aliphatic rings. The van der Waals surface area contributed by atoms with Crippen molar-refractivity contribution in [2.45, 2.75) is 33.2 Å². The molecule has 0 saturated heterocycles. The molecule has 0 fully saturated rings. The van der Waals surface area contributed by atoms with E-state index < -0.39 is 0 Å². The molecule has 0 unspecified atom stereocenters. The van der Waals surface area contributed by atoms with Crippen LogP contribution in [0.4, 0.5) is 5.69 Å². The molecule has 2 N–H and O–H groups in total. The van der Waals surface area contributed by atoms with Crippen LogP contribution < -0.4 is 10.6 Å². The van der Waals surface area contributed by atoms with Gasteiger partial charge in [-0.25, -0.2) is 0 Å². The summed E-state index contributed by atoms with van der Waals surface area (Å²) >= 11 is 3.53. The molecule has 3 heteroatoms. The van der Waals surface area contributed by atoms with E-state index in [1.54, 1.807) is 0 Å². The summed E-state index contributed by atoms with van der Waals surface area (Å²) in [7, 11) is 0. The SMILES string of the molecule is Cc1c(Br)cccc1NCCNC(C)(C)C. The van der Waals surface area contributed by atoms with Crippen LogP contribution in [0.5, 0.6) is 0 Å². The molecular weight excluding hydrogens is 264 g/mol. The maximum Gasteiger partial charge on any atom is 0.0381 e. The van der Waals surface area contributed by atoms with Gasteiger partial charge in [-0.1, -0.05) is 22.0 Å². The number of nitrogens with one attached hydrogen (secondary N) is 2. The van der Waals surface area contributed by atoms with Crippen LogP contribution in [0.3, 0.4) is 0 Å². The summed E-state index contributed by atoms with van der Waals surface area (Å²) in [5.41, 5.74) is 2.65. The summed E-state index contributed by atoms with van der Waals surface area (Å²) in [6, 6.07) is 6.22. The first kappa shape index (κ1) is 13.5. The van der Waals surface area contributed by atoms with Crippen LogP contribution in [0.2, 0.25) is 0 Å². The molecule has 0 atom stereocenters. The Hall–Kier alpha value is -0.540. The number of rotatable bonds is 4. The van der Waals surface area contributed by atoms with Crippen molar-refractivity contribution in [2.75, 3.05) is 18.4 Å². The summed E-state index contributed by atoms with van der Waals surface area (Å²) in [6.07, 6.45) is 0. The lowest BCUT2D eigenvalue weighted by molar-refractivity contribution is 0.435. The van der Waals surface area contributed by atoms with E-state index in [0.717, 1.165) is 17.6 Å². The molecule has 0 aliphatic heterocycles. The van der Waals surface area contributed by atoms with Crippen molar-refractivity contribution < 1.29 is 0 Å². The molecule has 1 aromatic carbocycles. The molecule has 1 rings (SSSR count). The molecule has 0 radical (unpaired) electrons. The lowest BCUT2D eigenvalue weighted by atomic mass is 10.1. The molecule has 0 bridgehead atoms. The van der Waals surface area contributed by atoms with Crippen molar-refractivity contribution in [3.8, 4) is 0 Å². The third-order valence-electron chi connectivity index (χ3n) is 2.36. The van der Waals surface area contributed by atoms with Crippen molar-refractivity contribution in [3.63, 3.8) is 0 Å². The van der Waals surface area contributed by atoms with Crippen molar-refractivity contribution in [1.82, 2.24) is 5.32 Å². The Bertz CT molecular complexity index is 342. The fourth-order valence-corrected chi connectivity index (χ4v) is 1.80. The van der Waals surface area contributed by atoms with E-state index in [-0.39, 0.29) is 5.54 Å². The second kappa shape index (κ2) is 5.69. The standard InChI is InChI=1S/C13H21BrN2/c1-10-11(14)6-5-7-12(10)15-8-9-16-13(2,3)4/h5-7,15-16H,8-9H2,1-4H3. The van der Waals surface area contributed by atoms with Crippen LogP contribution in [0.15, 0.2) is 22.7 Å². The van der Waals surface area contributed by atoms with E-state index in [1.165, 1.54) is 11.3 Å². The van der Waals surface area contributed by atoms with Crippen LogP contribution in [-0.2, 0) is 0 Å². The summed E-state index contributed by atoms with van der Waals surface area (Å²) < 4.78 is 1.15. The van der Waals surface area contributed by atoms with E-state index in [2.05, 4.69) is 72.5 Å². The summed E-state index contributed by atoms with van der Waals surface area (Å²) in [6.45, 7) is 10.6. The third kappa shape index (κ3) is 4.54. The van der Waals surface area contributed by atoms with Gasteiger partial charge in [0.2, 0.25) is 0 Å². The van der Waals surface area contributed by atoms with Gasteiger partial charge in [0.15, 0.2) is 0 Å². The quantitative estimate of drug-likeness (QED) is 0.827. The Morgan fingerprint density at radius 3 is 2.50 bits per heavy atom. The highest BCUT2D eigenvalue weighted by Crippen LogP contribution is 2.22. The van der Waals surface area contributed by atoms with Gasteiger partial charge in [-0.2, -0.15) is 0 Å². The van der Waals surface area contributed by atoms with Crippen LogP contribution >= 0.6 is 15.9 Å². The Kier molecular flexibility index (Phi) is 4.81. The monoisotopic (exact) mass is 284 g/mol. The van der Waals surface area contributed by atoms with E-state index >= 15 is 0 Å². The molecule has 0 heterocycles. The number of benzene rings is 1. The smallest absolute Gasteiger partial charge is 0.0381 e. The Morgan fingerprint density at radius 2 is 1.88 bits per heavy atom. The highest BCUT2D eigenvalue weighted by molar-refractivity contribution is 9.10. The van der Waals surface area contributed by atoms with Gasteiger partial charge in [0.1, 0.15) is 0 Å². The normalized spacial score (nSPS) is 11.6. The van der Waals surface area contributed by atoms with Crippen molar-refractivity contribution >= 4 is 21.6 Å². The van der Waals surface area contributed by atoms with E-state index in [4.69, 9.17) is 0 Å². The molecule has 0 aromatic heterocycles. The van der Waals surface area contributed by atoms with Gasteiger partial charge in [-0.3, -0.25) is 0 Å². The zero-order valence-electron chi connectivity index (χ0n) is 10.5. The third-order valence-corrected chi connectivity index (χ3v) is 3.22. The van der Waals surface area contributed by atoms with Crippen LogP contribution in [0.25, 0.3) is 0 Å². The van der Waals surface area contributed by atoms with E-state index in [0.29, 0.717) is 0 Å². The predicted molar refractivity (Wildman–Crippen MR) is 75.1 cm³/mol. The first-order chi connectivity index (χ1) is 7.40. The zero-order valence-corrected chi connectivity index (χ0v) is 12.1. The van der Waals surface area contributed by atoms with Gasteiger partial charge in [0, 0.05) is 28.8 Å². The average Bonchev–Trinajstić information content (AvgIpc) is 2.17. The second-order valence-corrected chi connectivity index (χ2v) is 5.87. The molecular formula is C13H21BrN2. The Balaban J connectivity index is 2.41. The minimum absolute atomic E-state index is 0.188. The van der Waals surface area contributed by atoms with Gasteiger partial charge in [0.25, 0.3) is 0 Å². The molecule has 1 aromatic rings. The van der Waals surface area contributed by atoms with Gasteiger partial charge >= 0.3 is 0 Å². The van der Waals surface area contributed by atoms with Crippen LogP contribution in [0, 0.1) is 6.92 Å². The average molecular weight is 285 g/mol. The number of hydrogen-bond donors (Lipinski definition) is 2. The number of hydrogen-bond acceptors (Lipinski definition) is 2. The molecule has 0 aliphatic carbocycles. The highest BCUT2D eigenvalue weighted by atomic mass is 79.9. The fourth-order valence-electron chi connectivity index (χ4n) is 1.43. The topological polar surface area (TPSA) is 24.1 Å². The molecule has 16 heavy (non-hydrogen) atoms. The maximum atomic E-state index is 3.53. The van der Waals surface area contributed by atoms with E-state index in [1.807, 2.05) is 0 Å². The molecule has 0 spiro atoms. The molecule has 0 saturated carbocycles. The Labute approximate surface area is 107 Å². The largest absolute Gasteiger partial charge is 0.384 e. The molecule has 2 nitrogen and oxygen atoms in total. The van der Waals surface area contributed by atoms with Gasteiger partial charge in [0.05, 0.1) is 0 Å². The summed E-state index contributed by atoms with van der Waals surface area (Å²) in [4.78, 5) is 0. The summed E-state index contributed by atoms with van der Waals surface area (Å²) in [5.74, 6) is 0. The number of anilines is 1. The first-order valence-corrected chi connectivity index (χ1v) is 6.43. The van der Waals surface area contributed by atoms with E-state index in [9.17, 15) is 0 Å². The van der Waals surface area contributed by atoms with Gasteiger partial charge in [-0.05, 0) is 45.4 Å². The van der Waals surface area contributed by atoms with Crippen molar-refractivity contribution in [2.24, 2.45) is 0 Å². The predicted octanol–water partition coefficient (Wildman–Crippen LogP) is 3.56. The minimum Gasteiger partial charge on any atom is -0.384 e. The van der Waals surface area contributed by atoms with Crippen LogP contribution in [0.1, 0.15) is 26.3 Å². The van der Waals surface area contributed by atoms with Crippen molar-refractivity contribution in [1.29, 1.82) is 0 Å². The van der Waals surface area contributed by atoms with Crippen LogP contribution in [-0.4, -0.2) is 18.6 Å². The fraction of sp³-hybridized carbons (Fsp3) is 0.538. The maximum absolute atomic E-state index is 3.53. The lowest BCUT2D eigenvalue weighted by Gasteiger charge is -2.21. The molecule has 90 valence electrons. The van der Waals surface area contributed by atoms with Crippen molar-refractivity contribution in [3.05, 3.63) is 28.2 Å². The first-order valence-electron chi connectivity index (χ1n) is 5.64. The Morgan fingerprint density at radius 1 is 1.19 bits per heavy atom. The van der Waals surface area contributed by atoms with Gasteiger partial charge < -0.3 is 10.6 Å². The zero-order chi connectivity index (χ0) is 12.2. The summed E-state index contributed by atoms with van der Waals surface area (Å²) in [5, 5.41) is 6.89. The molecule has 0 amide bonds. The lowest BCUT2D eigenvalue weighted by Crippen LogP contribution is -2.38.